The lowest BCUT2D eigenvalue weighted by Gasteiger charge is -2.51. The van der Waals surface area contributed by atoms with Crippen LogP contribution in [-0.4, -0.2) is 72.4 Å². The van der Waals surface area contributed by atoms with E-state index in [4.69, 9.17) is 14.2 Å². The average molecular weight is 415 g/mol. The summed E-state index contributed by atoms with van der Waals surface area (Å²) in [6.07, 6.45) is 7.41. The topological polar surface area (TPSA) is 90.0 Å². The highest BCUT2D eigenvalue weighted by Crippen LogP contribution is 2.39. The molecule has 2 atom stereocenters. The van der Waals surface area contributed by atoms with Crippen LogP contribution in [0.2, 0.25) is 0 Å². The highest BCUT2D eigenvalue weighted by atomic mass is 16.5. The lowest BCUT2D eigenvalue weighted by molar-refractivity contribution is -0.156. The van der Waals surface area contributed by atoms with Gasteiger partial charge < -0.3 is 24.4 Å². The maximum Gasteiger partial charge on any atom is 0.260 e. The number of carbonyl (C=O) groups is 2. The summed E-state index contributed by atoms with van der Waals surface area (Å²) in [6, 6.07) is 3.72. The number of nitrogens with zero attached hydrogens (tertiary/aromatic N) is 2. The van der Waals surface area contributed by atoms with Gasteiger partial charge in [0.05, 0.1) is 30.9 Å². The first-order chi connectivity index (χ1) is 14.6. The van der Waals surface area contributed by atoms with Gasteiger partial charge in [-0.1, -0.05) is 6.07 Å². The summed E-state index contributed by atoms with van der Waals surface area (Å²) in [6.45, 7) is 1.42. The minimum absolute atomic E-state index is 0.0679. The number of morpholine rings is 1. The van der Waals surface area contributed by atoms with Gasteiger partial charge in [0.2, 0.25) is 11.8 Å². The van der Waals surface area contributed by atoms with Crippen LogP contribution in [0.15, 0.2) is 18.3 Å². The summed E-state index contributed by atoms with van der Waals surface area (Å²) in [5, 5.41) is 3.14. The third-order valence-corrected chi connectivity index (χ3v) is 7.07. The van der Waals surface area contributed by atoms with Gasteiger partial charge in [0.15, 0.2) is 6.61 Å². The van der Waals surface area contributed by atoms with E-state index in [-0.39, 0.29) is 37.2 Å². The van der Waals surface area contributed by atoms with E-state index >= 15 is 0 Å². The average Bonchev–Trinajstić information content (AvgIpc) is 2.78. The van der Waals surface area contributed by atoms with Crippen LogP contribution < -0.4 is 10.1 Å². The van der Waals surface area contributed by atoms with Gasteiger partial charge in [0, 0.05) is 18.3 Å². The SMILES string of the molecule is O=C1COCC2(CCCN3C(=O)COc4ncccc4C4CCC(CC4)OCC32)N1. The Kier molecular flexibility index (Phi) is 5.37. The monoisotopic (exact) mass is 415 g/mol. The molecule has 30 heavy (non-hydrogen) atoms. The zero-order valence-electron chi connectivity index (χ0n) is 17.2. The Hall–Kier alpha value is -2.19. The third-order valence-electron chi connectivity index (χ3n) is 7.07. The number of hydrogen-bond donors (Lipinski definition) is 1. The minimum Gasteiger partial charge on any atom is -0.467 e. The van der Waals surface area contributed by atoms with Crippen LogP contribution in [-0.2, 0) is 19.1 Å². The molecule has 0 radical (unpaired) electrons. The van der Waals surface area contributed by atoms with E-state index in [0.717, 1.165) is 44.1 Å². The maximum atomic E-state index is 13.2. The number of carbonyl (C=O) groups excluding carboxylic acids is 2. The largest absolute Gasteiger partial charge is 0.467 e. The molecule has 6 rings (SSSR count). The van der Waals surface area contributed by atoms with Gasteiger partial charge in [-0.05, 0) is 50.5 Å². The van der Waals surface area contributed by atoms with Gasteiger partial charge in [-0.25, -0.2) is 4.98 Å². The molecule has 2 unspecified atom stereocenters. The van der Waals surface area contributed by atoms with Crippen molar-refractivity contribution in [1.82, 2.24) is 15.2 Å². The van der Waals surface area contributed by atoms with Crippen molar-refractivity contribution in [2.45, 2.75) is 62.1 Å². The van der Waals surface area contributed by atoms with Crippen LogP contribution in [0.1, 0.15) is 50.0 Å². The fourth-order valence-corrected chi connectivity index (χ4v) is 5.54. The highest BCUT2D eigenvalue weighted by Gasteiger charge is 2.49. The molecule has 1 aliphatic carbocycles. The third kappa shape index (κ3) is 3.67. The van der Waals surface area contributed by atoms with E-state index in [0.29, 0.717) is 31.6 Å². The van der Waals surface area contributed by atoms with Gasteiger partial charge in [0.1, 0.15) is 6.61 Å². The van der Waals surface area contributed by atoms with E-state index in [1.807, 2.05) is 11.0 Å². The van der Waals surface area contributed by atoms with E-state index in [1.54, 1.807) is 6.20 Å². The fourth-order valence-electron chi connectivity index (χ4n) is 5.54. The number of amides is 2. The van der Waals surface area contributed by atoms with Crippen LogP contribution >= 0.6 is 0 Å². The molecule has 2 saturated heterocycles. The molecule has 8 heteroatoms. The normalized spacial score (nSPS) is 34.7. The number of piperidine rings is 1. The van der Waals surface area contributed by atoms with E-state index in [2.05, 4.69) is 16.4 Å². The summed E-state index contributed by atoms with van der Waals surface area (Å²) in [5.74, 6) is 0.704. The van der Waals surface area contributed by atoms with Crippen LogP contribution in [0.5, 0.6) is 5.88 Å². The Morgan fingerprint density at radius 3 is 2.87 bits per heavy atom. The number of ether oxygens (including phenoxy) is 3. The molecule has 0 aromatic carbocycles. The molecule has 1 aromatic rings. The van der Waals surface area contributed by atoms with Crippen LogP contribution in [0.4, 0.5) is 0 Å². The Labute approximate surface area is 176 Å². The van der Waals surface area contributed by atoms with Gasteiger partial charge in [0.25, 0.3) is 5.91 Å². The van der Waals surface area contributed by atoms with E-state index in [1.165, 1.54) is 0 Å². The molecule has 5 aliphatic rings. The first-order valence-electron chi connectivity index (χ1n) is 11.0. The smallest absolute Gasteiger partial charge is 0.260 e. The summed E-state index contributed by atoms with van der Waals surface area (Å²) in [5.41, 5.74) is 0.485. The Morgan fingerprint density at radius 2 is 2.03 bits per heavy atom. The van der Waals surface area contributed by atoms with Crippen molar-refractivity contribution in [2.24, 2.45) is 0 Å². The number of rotatable bonds is 0. The molecular weight excluding hydrogens is 386 g/mol. The highest BCUT2D eigenvalue weighted by molar-refractivity contribution is 5.81. The van der Waals surface area contributed by atoms with Gasteiger partial charge >= 0.3 is 0 Å². The molecule has 5 heterocycles. The second-order valence-corrected chi connectivity index (χ2v) is 8.90. The zero-order valence-corrected chi connectivity index (χ0v) is 17.2. The molecular formula is C22H29N3O5. The Bertz CT molecular complexity index is 806. The predicted octanol–water partition coefficient (Wildman–Crippen LogP) is 1.39. The first kappa shape index (κ1) is 19.8. The van der Waals surface area contributed by atoms with Crippen molar-refractivity contribution in [1.29, 1.82) is 0 Å². The molecule has 3 fully saturated rings. The quantitative estimate of drug-likeness (QED) is 0.689. The van der Waals surface area contributed by atoms with Crippen molar-refractivity contribution in [2.75, 3.05) is 33.0 Å². The van der Waals surface area contributed by atoms with Crippen molar-refractivity contribution in [3.8, 4) is 5.88 Å². The number of hydrogen-bond acceptors (Lipinski definition) is 6. The molecule has 4 aliphatic heterocycles. The molecule has 1 aromatic heterocycles. The lowest BCUT2D eigenvalue weighted by atomic mass is 9.80. The molecule has 8 nitrogen and oxygen atoms in total. The van der Waals surface area contributed by atoms with Crippen molar-refractivity contribution in [3.63, 3.8) is 0 Å². The summed E-state index contributed by atoms with van der Waals surface area (Å²) in [4.78, 5) is 31.6. The van der Waals surface area contributed by atoms with Gasteiger partial charge in [-0.15, -0.1) is 0 Å². The maximum absolute atomic E-state index is 13.2. The molecule has 2 amide bonds. The van der Waals surface area contributed by atoms with Crippen molar-refractivity contribution >= 4 is 11.8 Å². The van der Waals surface area contributed by atoms with E-state index < -0.39 is 5.54 Å². The Balaban J connectivity index is 1.46. The molecule has 2 bridgehead atoms. The first-order valence-corrected chi connectivity index (χ1v) is 11.0. The zero-order chi connectivity index (χ0) is 20.6. The number of pyridine rings is 1. The van der Waals surface area contributed by atoms with Crippen molar-refractivity contribution < 1.29 is 23.8 Å². The molecule has 1 N–H and O–H groups in total. The molecule has 1 saturated carbocycles. The number of aromatic nitrogens is 1. The van der Waals surface area contributed by atoms with Gasteiger partial charge in [-0.3, -0.25) is 9.59 Å². The van der Waals surface area contributed by atoms with E-state index in [9.17, 15) is 9.59 Å². The number of fused-ring (bicyclic) bond motifs is 5. The summed E-state index contributed by atoms with van der Waals surface area (Å²) >= 11 is 0. The Morgan fingerprint density at radius 1 is 1.17 bits per heavy atom. The van der Waals surface area contributed by atoms with Crippen LogP contribution in [0.3, 0.4) is 0 Å². The summed E-state index contributed by atoms with van der Waals surface area (Å²) in [7, 11) is 0. The fraction of sp³-hybridized carbons (Fsp3) is 0.682. The lowest BCUT2D eigenvalue weighted by Crippen LogP contribution is -2.72. The molecule has 162 valence electrons. The van der Waals surface area contributed by atoms with Gasteiger partial charge in [-0.2, -0.15) is 0 Å². The predicted molar refractivity (Wildman–Crippen MR) is 107 cm³/mol. The second kappa shape index (κ2) is 8.15. The van der Waals surface area contributed by atoms with Crippen LogP contribution in [0, 0.1) is 0 Å². The molecule has 1 spiro atoms. The second-order valence-electron chi connectivity index (χ2n) is 8.90. The van der Waals surface area contributed by atoms with Crippen LogP contribution in [0.25, 0.3) is 0 Å². The summed E-state index contributed by atoms with van der Waals surface area (Å²) < 4.78 is 17.9. The minimum atomic E-state index is -0.600. The van der Waals surface area contributed by atoms with Crippen molar-refractivity contribution in [3.05, 3.63) is 23.9 Å². The number of nitrogens with one attached hydrogen (secondary N) is 1. The standard InChI is InChI=1S/C22H29N3O5/c26-19-12-28-14-22(24-19)8-2-10-25-18(22)11-29-16-6-4-15(5-7-16)17-3-1-9-23-21(17)30-13-20(25)27/h1,3,9,15-16,18H,2,4-8,10-14H2,(H,24,26).